The van der Waals surface area contributed by atoms with Crippen molar-refractivity contribution in [2.75, 3.05) is 6.61 Å². The number of nitro benzene ring substituents is 1. The SMILES string of the molecule is CC(CCO)SCc1ccc([N+](=O)[O-])c(F)c1. The first-order valence-corrected chi connectivity index (χ1v) is 6.24. The molecule has 0 aliphatic heterocycles. The summed E-state index contributed by atoms with van der Waals surface area (Å²) in [6.07, 6.45) is 0.681. The molecule has 1 N–H and O–H groups in total. The third-order valence-electron chi connectivity index (χ3n) is 2.28. The standard InChI is InChI=1S/C11H14FNO3S/c1-8(4-5-14)17-7-9-2-3-11(13(15)16)10(12)6-9/h2-3,6,8,14H,4-5,7H2,1H3. The van der Waals surface area contributed by atoms with Crippen LogP contribution in [0, 0.1) is 15.9 Å². The Hall–Kier alpha value is -1.14. The van der Waals surface area contributed by atoms with Gasteiger partial charge in [-0.1, -0.05) is 13.0 Å². The smallest absolute Gasteiger partial charge is 0.304 e. The normalized spacial score (nSPS) is 12.4. The molecule has 0 spiro atoms. The number of benzene rings is 1. The predicted molar refractivity (Wildman–Crippen MR) is 65.5 cm³/mol. The van der Waals surface area contributed by atoms with Crippen LogP contribution in [-0.2, 0) is 5.75 Å². The van der Waals surface area contributed by atoms with Crippen LogP contribution in [0.2, 0.25) is 0 Å². The van der Waals surface area contributed by atoms with Crippen LogP contribution in [0.4, 0.5) is 10.1 Å². The Bertz CT molecular complexity index is 400. The summed E-state index contributed by atoms with van der Waals surface area (Å²) in [7, 11) is 0. The largest absolute Gasteiger partial charge is 0.396 e. The first-order chi connectivity index (χ1) is 8.04. The lowest BCUT2D eigenvalue weighted by Gasteiger charge is -2.09. The molecular formula is C11H14FNO3S. The minimum Gasteiger partial charge on any atom is -0.396 e. The van der Waals surface area contributed by atoms with E-state index in [2.05, 4.69) is 0 Å². The third kappa shape index (κ3) is 4.32. The van der Waals surface area contributed by atoms with E-state index < -0.39 is 16.4 Å². The van der Waals surface area contributed by atoms with E-state index in [0.29, 0.717) is 17.7 Å². The molecule has 1 unspecified atom stereocenters. The molecule has 0 heterocycles. The third-order valence-corrected chi connectivity index (χ3v) is 3.58. The van der Waals surface area contributed by atoms with Gasteiger partial charge in [0.1, 0.15) is 0 Å². The second kappa shape index (κ2) is 6.56. The van der Waals surface area contributed by atoms with E-state index in [-0.39, 0.29) is 11.9 Å². The summed E-state index contributed by atoms with van der Waals surface area (Å²) in [4.78, 5) is 9.68. The highest BCUT2D eigenvalue weighted by atomic mass is 32.2. The maximum atomic E-state index is 13.3. The van der Waals surface area contributed by atoms with Crippen LogP contribution in [0.5, 0.6) is 0 Å². The Morgan fingerprint density at radius 1 is 1.59 bits per heavy atom. The minimum absolute atomic E-state index is 0.128. The Balaban J connectivity index is 2.62. The Labute approximate surface area is 103 Å². The van der Waals surface area contributed by atoms with Gasteiger partial charge in [-0.25, -0.2) is 0 Å². The van der Waals surface area contributed by atoms with Crippen molar-refractivity contribution in [1.29, 1.82) is 0 Å². The van der Waals surface area contributed by atoms with Crippen molar-refractivity contribution >= 4 is 17.4 Å². The fourth-order valence-corrected chi connectivity index (χ4v) is 2.22. The molecule has 1 atom stereocenters. The van der Waals surface area contributed by atoms with Gasteiger partial charge in [0.15, 0.2) is 0 Å². The van der Waals surface area contributed by atoms with E-state index in [4.69, 9.17) is 5.11 Å². The Morgan fingerprint density at radius 3 is 2.82 bits per heavy atom. The molecule has 94 valence electrons. The van der Waals surface area contributed by atoms with Gasteiger partial charge in [0.25, 0.3) is 0 Å². The number of rotatable bonds is 6. The molecular weight excluding hydrogens is 245 g/mol. The molecule has 0 saturated carbocycles. The molecule has 0 aromatic heterocycles. The van der Waals surface area contributed by atoms with Crippen molar-refractivity contribution in [3.05, 3.63) is 39.7 Å². The first-order valence-electron chi connectivity index (χ1n) is 5.20. The number of halogens is 1. The van der Waals surface area contributed by atoms with Gasteiger partial charge in [-0.2, -0.15) is 16.2 Å². The van der Waals surface area contributed by atoms with Crippen molar-refractivity contribution in [1.82, 2.24) is 0 Å². The lowest BCUT2D eigenvalue weighted by Crippen LogP contribution is -2.00. The molecule has 0 aliphatic rings. The van der Waals surface area contributed by atoms with Crippen LogP contribution in [0.1, 0.15) is 18.9 Å². The molecule has 0 aliphatic carbocycles. The molecule has 17 heavy (non-hydrogen) atoms. The van der Waals surface area contributed by atoms with Crippen molar-refractivity contribution < 1.29 is 14.4 Å². The van der Waals surface area contributed by atoms with E-state index in [0.717, 1.165) is 0 Å². The molecule has 4 nitrogen and oxygen atoms in total. The van der Waals surface area contributed by atoms with Crippen molar-refractivity contribution in [2.24, 2.45) is 0 Å². The fourth-order valence-electron chi connectivity index (χ4n) is 1.29. The van der Waals surface area contributed by atoms with Gasteiger partial charge in [0.2, 0.25) is 5.82 Å². The lowest BCUT2D eigenvalue weighted by molar-refractivity contribution is -0.387. The Kier molecular flexibility index (Phi) is 5.37. The van der Waals surface area contributed by atoms with Crippen LogP contribution in [0.15, 0.2) is 18.2 Å². The number of aliphatic hydroxyl groups is 1. The van der Waals surface area contributed by atoms with Gasteiger partial charge in [-0.05, 0) is 18.1 Å². The molecule has 6 heteroatoms. The second-order valence-corrected chi connectivity index (χ2v) is 5.10. The van der Waals surface area contributed by atoms with Gasteiger partial charge in [0.05, 0.1) is 4.92 Å². The summed E-state index contributed by atoms with van der Waals surface area (Å²) in [5.74, 6) is -0.223. The highest BCUT2D eigenvalue weighted by Crippen LogP contribution is 2.23. The lowest BCUT2D eigenvalue weighted by atomic mass is 10.2. The number of hydrogen-bond acceptors (Lipinski definition) is 4. The number of aliphatic hydroxyl groups excluding tert-OH is 1. The minimum atomic E-state index is -0.803. The average molecular weight is 259 g/mol. The van der Waals surface area contributed by atoms with Gasteiger partial charge in [-0.3, -0.25) is 10.1 Å². The fraction of sp³-hybridized carbons (Fsp3) is 0.455. The maximum absolute atomic E-state index is 13.3. The zero-order chi connectivity index (χ0) is 12.8. The van der Waals surface area contributed by atoms with Crippen LogP contribution >= 0.6 is 11.8 Å². The number of thioether (sulfide) groups is 1. The first kappa shape index (κ1) is 13.9. The summed E-state index contributed by atoms with van der Waals surface area (Å²) >= 11 is 1.58. The highest BCUT2D eigenvalue weighted by Gasteiger charge is 2.13. The summed E-state index contributed by atoms with van der Waals surface area (Å²) in [6, 6.07) is 3.93. The molecule has 0 radical (unpaired) electrons. The number of nitrogens with zero attached hydrogens (tertiary/aromatic N) is 1. The van der Waals surface area contributed by atoms with E-state index in [1.807, 2.05) is 6.92 Å². The number of nitro groups is 1. The molecule has 0 bridgehead atoms. The van der Waals surface area contributed by atoms with E-state index in [1.165, 1.54) is 12.1 Å². The number of hydrogen-bond donors (Lipinski definition) is 1. The summed E-state index contributed by atoms with van der Waals surface area (Å²) in [5, 5.41) is 19.4. The molecule has 1 aromatic rings. The van der Waals surface area contributed by atoms with Crippen molar-refractivity contribution in [2.45, 2.75) is 24.3 Å². The van der Waals surface area contributed by atoms with E-state index in [9.17, 15) is 14.5 Å². The summed E-state index contributed by atoms with van der Waals surface area (Å²) < 4.78 is 13.3. The molecule has 1 rings (SSSR count). The van der Waals surface area contributed by atoms with E-state index >= 15 is 0 Å². The quantitative estimate of drug-likeness (QED) is 0.630. The zero-order valence-electron chi connectivity index (χ0n) is 9.43. The van der Waals surface area contributed by atoms with Crippen LogP contribution in [0.25, 0.3) is 0 Å². The molecule has 0 amide bonds. The van der Waals surface area contributed by atoms with Gasteiger partial charge >= 0.3 is 5.69 Å². The van der Waals surface area contributed by atoms with Crippen LogP contribution in [-0.4, -0.2) is 21.9 Å². The molecule has 0 saturated heterocycles. The zero-order valence-corrected chi connectivity index (χ0v) is 10.2. The monoisotopic (exact) mass is 259 g/mol. The second-order valence-electron chi connectivity index (χ2n) is 3.68. The van der Waals surface area contributed by atoms with Gasteiger partial charge in [0, 0.05) is 23.7 Å². The van der Waals surface area contributed by atoms with Gasteiger partial charge in [-0.15, -0.1) is 0 Å². The summed E-state index contributed by atoms with van der Waals surface area (Å²) in [6.45, 7) is 2.10. The van der Waals surface area contributed by atoms with Crippen molar-refractivity contribution in [3.63, 3.8) is 0 Å². The molecule has 0 fully saturated rings. The maximum Gasteiger partial charge on any atom is 0.304 e. The average Bonchev–Trinajstić information content (AvgIpc) is 2.26. The van der Waals surface area contributed by atoms with Crippen molar-refractivity contribution in [3.8, 4) is 0 Å². The van der Waals surface area contributed by atoms with Gasteiger partial charge < -0.3 is 5.11 Å². The van der Waals surface area contributed by atoms with Crippen LogP contribution in [0.3, 0.4) is 0 Å². The Morgan fingerprint density at radius 2 is 2.29 bits per heavy atom. The molecule has 1 aromatic carbocycles. The van der Waals surface area contributed by atoms with Crippen LogP contribution < -0.4 is 0 Å². The van der Waals surface area contributed by atoms with E-state index in [1.54, 1.807) is 17.8 Å². The highest BCUT2D eigenvalue weighted by molar-refractivity contribution is 7.99. The predicted octanol–water partition coefficient (Wildman–Crippen LogP) is 2.74. The summed E-state index contributed by atoms with van der Waals surface area (Å²) in [5.41, 5.74) is 0.213. The topological polar surface area (TPSA) is 63.4 Å².